The lowest BCUT2D eigenvalue weighted by Gasteiger charge is -2.17. The second-order valence-electron chi connectivity index (χ2n) is 3.27. The van der Waals surface area contributed by atoms with Gasteiger partial charge in [-0.2, -0.15) is 11.8 Å². The van der Waals surface area contributed by atoms with E-state index in [0.29, 0.717) is 0 Å². The standard InChI is InChI=1S/C8H19NO2S2/c1-5-8(6-12-4)9-13(10,11)7(2)3/h7-9H,5-6H2,1-4H3. The minimum Gasteiger partial charge on any atom is -0.212 e. The molecule has 1 N–H and O–H groups in total. The molecule has 1 atom stereocenters. The third-order valence-corrected chi connectivity index (χ3v) is 4.45. The molecule has 3 nitrogen and oxygen atoms in total. The molecule has 0 aliphatic carbocycles. The molecule has 0 spiro atoms. The van der Waals surface area contributed by atoms with Gasteiger partial charge in [0.25, 0.3) is 0 Å². The van der Waals surface area contributed by atoms with E-state index < -0.39 is 10.0 Å². The topological polar surface area (TPSA) is 46.2 Å². The van der Waals surface area contributed by atoms with Crippen molar-refractivity contribution >= 4 is 21.8 Å². The first kappa shape index (κ1) is 13.3. The predicted octanol–water partition coefficient (Wildman–Crippen LogP) is 1.46. The Hall–Kier alpha value is 0.260. The molecule has 0 fully saturated rings. The highest BCUT2D eigenvalue weighted by Crippen LogP contribution is 2.05. The summed E-state index contributed by atoms with van der Waals surface area (Å²) >= 11 is 1.66. The number of nitrogens with one attached hydrogen (secondary N) is 1. The first-order chi connectivity index (χ1) is 5.94. The van der Waals surface area contributed by atoms with E-state index in [1.165, 1.54) is 0 Å². The summed E-state index contributed by atoms with van der Waals surface area (Å²) in [5.74, 6) is 0.836. The molecule has 0 rings (SSSR count). The lowest BCUT2D eigenvalue weighted by atomic mass is 10.3. The molecule has 0 aromatic heterocycles. The van der Waals surface area contributed by atoms with Gasteiger partial charge in [0.05, 0.1) is 5.25 Å². The molecular formula is C8H19NO2S2. The maximum atomic E-state index is 11.5. The number of sulfonamides is 1. The van der Waals surface area contributed by atoms with Gasteiger partial charge in [-0.3, -0.25) is 0 Å². The van der Waals surface area contributed by atoms with Crippen LogP contribution in [0.25, 0.3) is 0 Å². The summed E-state index contributed by atoms with van der Waals surface area (Å²) in [4.78, 5) is 0. The monoisotopic (exact) mass is 225 g/mol. The van der Waals surface area contributed by atoms with Gasteiger partial charge in [-0.25, -0.2) is 13.1 Å². The summed E-state index contributed by atoms with van der Waals surface area (Å²) in [6.07, 6.45) is 2.82. The number of rotatable bonds is 6. The van der Waals surface area contributed by atoms with E-state index in [9.17, 15) is 8.42 Å². The highest BCUT2D eigenvalue weighted by molar-refractivity contribution is 7.98. The highest BCUT2D eigenvalue weighted by Gasteiger charge is 2.19. The third-order valence-electron chi connectivity index (χ3n) is 1.81. The van der Waals surface area contributed by atoms with E-state index in [-0.39, 0.29) is 11.3 Å². The largest absolute Gasteiger partial charge is 0.214 e. The summed E-state index contributed by atoms with van der Waals surface area (Å²) in [5.41, 5.74) is 0. The molecule has 0 amide bonds. The molecule has 0 heterocycles. The lowest BCUT2D eigenvalue weighted by Crippen LogP contribution is -2.40. The van der Waals surface area contributed by atoms with Crippen molar-refractivity contribution in [3.05, 3.63) is 0 Å². The van der Waals surface area contributed by atoms with E-state index >= 15 is 0 Å². The number of thioether (sulfide) groups is 1. The van der Waals surface area contributed by atoms with Crippen molar-refractivity contribution in [1.29, 1.82) is 0 Å². The average Bonchev–Trinajstić information content (AvgIpc) is 2.03. The molecule has 0 saturated carbocycles. The predicted molar refractivity (Wildman–Crippen MR) is 59.7 cm³/mol. The SMILES string of the molecule is CCC(CSC)NS(=O)(=O)C(C)C. The van der Waals surface area contributed by atoms with Crippen LogP contribution in [0, 0.1) is 0 Å². The van der Waals surface area contributed by atoms with Crippen LogP contribution in [0.3, 0.4) is 0 Å². The number of hydrogen-bond donors (Lipinski definition) is 1. The summed E-state index contributed by atoms with van der Waals surface area (Å²) in [5, 5.41) is -0.344. The third kappa shape index (κ3) is 4.88. The molecule has 0 radical (unpaired) electrons. The summed E-state index contributed by atoms with van der Waals surface area (Å²) in [6.45, 7) is 5.37. The molecule has 1 unspecified atom stereocenters. The zero-order valence-corrected chi connectivity index (χ0v) is 10.3. The Kier molecular flexibility index (Phi) is 6.00. The Morgan fingerprint density at radius 3 is 2.23 bits per heavy atom. The molecule has 80 valence electrons. The van der Waals surface area contributed by atoms with Crippen LogP contribution in [0.2, 0.25) is 0 Å². The van der Waals surface area contributed by atoms with Gasteiger partial charge >= 0.3 is 0 Å². The van der Waals surface area contributed by atoms with Gasteiger partial charge < -0.3 is 0 Å². The Morgan fingerprint density at radius 2 is 1.92 bits per heavy atom. The van der Waals surface area contributed by atoms with Crippen LogP contribution >= 0.6 is 11.8 Å². The summed E-state index contributed by atoms with van der Waals surface area (Å²) < 4.78 is 25.6. The number of hydrogen-bond acceptors (Lipinski definition) is 3. The Morgan fingerprint density at radius 1 is 1.38 bits per heavy atom. The van der Waals surface area contributed by atoms with Crippen LogP contribution in [-0.2, 0) is 10.0 Å². The van der Waals surface area contributed by atoms with Crippen molar-refractivity contribution in [1.82, 2.24) is 4.72 Å². The normalized spacial score (nSPS) is 14.8. The van der Waals surface area contributed by atoms with Crippen molar-refractivity contribution in [2.45, 2.75) is 38.5 Å². The molecule has 0 aromatic carbocycles. The van der Waals surface area contributed by atoms with E-state index in [1.807, 2.05) is 13.2 Å². The molecular weight excluding hydrogens is 206 g/mol. The summed E-state index contributed by atoms with van der Waals surface area (Å²) in [6, 6.07) is 0.0717. The quantitative estimate of drug-likeness (QED) is 0.744. The van der Waals surface area contributed by atoms with Gasteiger partial charge in [0, 0.05) is 11.8 Å². The molecule has 13 heavy (non-hydrogen) atoms. The van der Waals surface area contributed by atoms with Gasteiger partial charge in [0.2, 0.25) is 10.0 Å². The van der Waals surface area contributed by atoms with Crippen molar-refractivity contribution in [3.63, 3.8) is 0 Å². The average molecular weight is 225 g/mol. The zero-order valence-electron chi connectivity index (χ0n) is 8.70. The van der Waals surface area contributed by atoms with Crippen LogP contribution in [0.5, 0.6) is 0 Å². The van der Waals surface area contributed by atoms with E-state index in [2.05, 4.69) is 4.72 Å². The minimum atomic E-state index is -3.10. The molecule has 0 aliphatic heterocycles. The van der Waals surface area contributed by atoms with Crippen LogP contribution in [0.15, 0.2) is 0 Å². The van der Waals surface area contributed by atoms with Crippen LogP contribution in [0.1, 0.15) is 27.2 Å². The van der Waals surface area contributed by atoms with Gasteiger partial charge in [-0.15, -0.1) is 0 Å². The molecule has 0 aliphatic rings. The Bertz CT molecular complexity index is 224. The Balaban J connectivity index is 4.23. The van der Waals surface area contributed by atoms with Crippen molar-refractivity contribution in [2.75, 3.05) is 12.0 Å². The van der Waals surface area contributed by atoms with Gasteiger partial charge in [0.15, 0.2) is 0 Å². The first-order valence-corrected chi connectivity index (χ1v) is 7.38. The second kappa shape index (κ2) is 5.88. The maximum Gasteiger partial charge on any atom is 0.214 e. The molecule has 5 heteroatoms. The zero-order chi connectivity index (χ0) is 10.5. The van der Waals surface area contributed by atoms with Gasteiger partial charge in [0.1, 0.15) is 0 Å². The van der Waals surface area contributed by atoms with Crippen molar-refractivity contribution in [3.8, 4) is 0 Å². The lowest BCUT2D eigenvalue weighted by molar-refractivity contribution is 0.550. The fourth-order valence-corrected chi connectivity index (χ4v) is 2.62. The van der Waals surface area contributed by atoms with Crippen molar-refractivity contribution < 1.29 is 8.42 Å². The van der Waals surface area contributed by atoms with E-state index in [1.54, 1.807) is 25.6 Å². The second-order valence-corrected chi connectivity index (χ2v) is 6.45. The van der Waals surface area contributed by atoms with E-state index in [0.717, 1.165) is 12.2 Å². The molecule has 0 saturated heterocycles. The maximum absolute atomic E-state index is 11.5. The smallest absolute Gasteiger partial charge is 0.212 e. The van der Waals surface area contributed by atoms with E-state index in [4.69, 9.17) is 0 Å². The van der Waals surface area contributed by atoms with Gasteiger partial charge in [-0.1, -0.05) is 6.92 Å². The Labute approximate surface area is 85.7 Å². The fourth-order valence-electron chi connectivity index (χ4n) is 0.805. The highest BCUT2D eigenvalue weighted by atomic mass is 32.2. The van der Waals surface area contributed by atoms with Gasteiger partial charge in [-0.05, 0) is 26.5 Å². The summed E-state index contributed by atoms with van der Waals surface area (Å²) in [7, 11) is -3.10. The van der Waals surface area contributed by atoms with Crippen LogP contribution in [0.4, 0.5) is 0 Å². The van der Waals surface area contributed by atoms with Crippen molar-refractivity contribution in [2.24, 2.45) is 0 Å². The fraction of sp³-hybridized carbons (Fsp3) is 1.00. The molecule has 0 bridgehead atoms. The minimum absolute atomic E-state index is 0.0717. The van der Waals surface area contributed by atoms with Crippen LogP contribution < -0.4 is 4.72 Å². The first-order valence-electron chi connectivity index (χ1n) is 4.44. The molecule has 0 aromatic rings. The van der Waals surface area contributed by atoms with Crippen LogP contribution in [-0.4, -0.2) is 31.7 Å².